The van der Waals surface area contributed by atoms with Crippen molar-refractivity contribution in [3.63, 3.8) is 0 Å². The fourth-order valence-corrected chi connectivity index (χ4v) is 3.77. The average molecular weight is 394 g/mol. The van der Waals surface area contributed by atoms with Crippen molar-refractivity contribution in [2.24, 2.45) is 0 Å². The van der Waals surface area contributed by atoms with Crippen molar-refractivity contribution in [2.45, 2.75) is 12.5 Å². The summed E-state index contributed by atoms with van der Waals surface area (Å²) in [7, 11) is 1.57. The molecule has 0 bridgehead atoms. The monoisotopic (exact) mass is 394 g/mol. The van der Waals surface area contributed by atoms with E-state index in [1.165, 1.54) is 11.3 Å². The standard InChI is InChI=1S/C19H18N6O2S/c1-27-12-6-15(23-17(7-12)25-4-2-11(26)10-25)18-13(9-20)14(21)8-16(24-18)19-22-3-5-28-19/h3,5-8,11,26H,2,4,10H2,1H3,(H2,21,24)/t11-/m1/s1. The summed E-state index contributed by atoms with van der Waals surface area (Å²) in [5.74, 6) is 1.25. The second kappa shape index (κ2) is 7.42. The molecular weight excluding hydrogens is 376 g/mol. The summed E-state index contributed by atoms with van der Waals surface area (Å²) >= 11 is 1.44. The third-order valence-electron chi connectivity index (χ3n) is 4.56. The molecule has 0 aliphatic carbocycles. The first-order chi connectivity index (χ1) is 13.6. The van der Waals surface area contributed by atoms with Crippen LogP contribution in [0, 0.1) is 11.3 Å². The highest BCUT2D eigenvalue weighted by Crippen LogP contribution is 2.33. The number of hydrogen-bond donors (Lipinski definition) is 2. The molecule has 0 amide bonds. The Balaban J connectivity index is 1.87. The van der Waals surface area contributed by atoms with Crippen LogP contribution in [0.15, 0.2) is 29.8 Å². The van der Waals surface area contributed by atoms with E-state index >= 15 is 0 Å². The van der Waals surface area contributed by atoms with Gasteiger partial charge in [-0.15, -0.1) is 11.3 Å². The van der Waals surface area contributed by atoms with Crippen LogP contribution >= 0.6 is 11.3 Å². The molecule has 1 saturated heterocycles. The van der Waals surface area contributed by atoms with Gasteiger partial charge in [0.2, 0.25) is 0 Å². The fraction of sp³-hybridized carbons (Fsp3) is 0.263. The average Bonchev–Trinajstić information content (AvgIpc) is 3.39. The molecule has 3 aromatic heterocycles. The number of thiazole rings is 1. The predicted octanol–water partition coefficient (Wildman–Crippen LogP) is 2.30. The van der Waals surface area contributed by atoms with Crippen molar-refractivity contribution in [3.8, 4) is 33.9 Å². The van der Waals surface area contributed by atoms with Crippen molar-refractivity contribution in [3.05, 3.63) is 35.3 Å². The molecule has 9 heteroatoms. The van der Waals surface area contributed by atoms with E-state index in [9.17, 15) is 10.4 Å². The zero-order valence-corrected chi connectivity index (χ0v) is 16.0. The van der Waals surface area contributed by atoms with E-state index in [0.29, 0.717) is 58.9 Å². The summed E-state index contributed by atoms with van der Waals surface area (Å²) in [5.41, 5.74) is 8.17. The molecule has 1 fully saturated rings. The van der Waals surface area contributed by atoms with Gasteiger partial charge in [-0.3, -0.25) is 0 Å². The third kappa shape index (κ3) is 3.35. The number of rotatable bonds is 4. The number of aliphatic hydroxyl groups excluding tert-OH is 1. The largest absolute Gasteiger partial charge is 0.497 e. The highest BCUT2D eigenvalue weighted by Gasteiger charge is 2.24. The second-order valence-electron chi connectivity index (χ2n) is 6.41. The van der Waals surface area contributed by atoms with E-state index in [-0.39, 0.29) is 11.7 Å². The Kier molecular flexibility index (Phi) is 4.81. The Morgan fingerprint density at radius 3 is 2.82 bits per heavy atom. The number of methoxy groups -OCH3 is 1. The third-order valence-corrected chi connectivity index (χ3v) is 5.36. The van der Waals surface area contributed by atoms with Crippen molar-refractivity contribution in [1.82, 2.24) is 15.0 Å². The number of aromatic nitrogens is 3. The van der Waals surface area contributed by atoms with Crippen LogP contribution in [0.3, 0.4) is 0 Å². The summed E-state index contributed by atoms with van der Waals surface area (Å²) in [5, 5.41) is 22.1. The predicted molar refractivity (Wildman–Crippen MR) is 107 cm³/mol. The molecule has 1 atom stereocenters. The molecule has 1 aliphatic heterocycles. The smallest absolute Gasteiger partial charge is 0.141 e. The summed E-state index contributed by atoms with van der Waals surface area (Å²) in [6.07, 6.45) is 1.99. The van der Waals surface area contributed by atoms with Gasteiger partial charge >= 0.3 is 0 Å². The van der Waals surface area contributed by atoms with Gasteiger partial charge in [0.05, 0.1) is 24.6 Å². The topological polar surface area (TPSA) is 121 Å². The van der Waals surface area contributed by atoms with Crippen LogP contribution in [0.1, 0.15) is 12.0 Å². The van der Waals surface area contributed by atoms with Gasteiger partial charge in [0.1, 0.15) is 39.6 Å². The van der Waals surface area contributed by atoms with Gasteiger partial charge in [-0.25, -0.2) is 15.0 Å². The highest BCUT2D eigenvalue weighted by molar-refractivity contribution is 7.13. The number of nitrogen functional groups attached to an aromatic ring is 1. The Hall–Kier alpha value is -3.22. The molecule has 0 spiro atoms. The Morgan fingerprint density at radius 2 is 2.18 bits per heavy atom. The molecule has 0 aromatic carbocycles. The number of aliphatic hydroxyl groups is 1. The molecule has 3 N–H and O–H groups in total. The lowest BCUT2D eigenvalue weighted by molar-refractivity contribution is 0.198. The van der Waals surface area contributed by atoms with Crippen LogP contribution < -0.4 is 15.4 Å². The minimum atomic E-state index is -0.381. The van der Waals surface area contributed by atoms with E-state index < -0.39 is 0 Å². The fourth-order valence-electron chi connectivity index (χ4n) is 3.17. The van der Waals surface area contributed by atoms with E-state index in [0.717, 1.165) is 0 Å². The SMILES string of the molecule is COc1cc(-c2nc(-c3nccs3)cc(N)c2C#N)nc(N2CC[C@@H](O)C2)c1. The molecule has 1 aliphatic rings. The maximum atomic E-state index is 9.86. The van der Waals surface area contributed by atoms with E-state index in [2.05, 4.69) is 21.0 Å². The lowest BCUT2D eigenvalue weighted by atomic mass is 10.1. The molecule has 28 heavy (non-hydrogen) atoms. The number of anilines is 2. The van der Waals surface area contributed by atoms with Crippen molar-refractivity contribution in [1.29, 1.82) is 5.26 Å². The number of hydrogen-bond acceptors (Lipinski definition) is 9. The summed E-state index contributed by atoms with van der Waals surface area (Å²) < 4.78 is 5.43. The minimum absolute atomic E-state index is 0.258. The van der Waals surface area contributed by atoms with Gasteiger partial charge in [-0.05, 0) is 12.5 Å². The van der Waals surface area contributed by atoms with E-state index in [4.69, 9.17) is 10.5 Å². The lowest BCUT2D eigenvalue weighted by Crippen LogP contribution is -2.22. The molecule has 0 radical (unpaired) electrons. The maximum Gasteiger partial charge on any atom is 0.141 e. The van der Waals surface area contributed by atoms with Crippen molar-refractivity contribution >= 4 is 22.8 Å². The van der Waals surface area contributed by atoms with Gasteiger partial charge in [0.15, 0.2) is 0 Å². The Morgan fingerprint density at radius 1 is 1.32 bits per heavy atom. The van der Waals surface area contributed by atoms with Crippen LogP contribution in [0.4, 0.5) is 11.5 Å². The number of nitrogens with two attached hydrogens (primary N) is 1. The van der Waals surface area contributed by atoms with Crippen molar-refractivity contribution in [2.75, 3.05) is 30.8 Å². The van der Waals surface area contributed by atoms with Gasteiger partial charge in [0.25, 0.3) is 0 Å². The Bertz CT molecular complexity index is 1050. The van der Waals surface area contributed by atoms with Gasteiger partial charge in [-0.1, -0.05) is 0 Å². The molecule has 8 nitrogen and oxygen atoms in total. The number of ether oxygens (including phenoxy) is 1. The summed E-state index contributed by atoms with van der Waals surface area (Å²) in [6.45, 7) is 1.19. The quantitative estimate of drug-likeness (QED) is 0.691. The maximum absolute atomic E-state index is 9.86. The van der Waals surface area contributed by atoms with Crippen LogP contribution in [0.25, 0.3) is 22.1 Å². The van der Waals surface area contributed by atoms with Crippen LogP contribution in [0.2, 0.25) is 0 Å². The molecule has 0 saturated carbocycles. The molecule has 0 unspecified atom stereocenters. The van der Waals surface area contributed by atoms with Gasteiger partial charge in [0, 0.05) is 36.8 Å². The lowest BCUT2D eigenvalue weighted by Gasteiger charge is -2.19. The van der Waals surface area contributed by atoms with Crippen LogP contribution in [-0.4, -0.2) is 46.4 Å². The first kappa shape index (κ1) is 18.2. The zero-order valence-electron chi connectivity index (χ0n) is 15.2. The second-order valence-corrected chi connectivity index (χ2v) is 7.30. The molecule has 3 aromatic rings. The van der Waals surface area contributed by atoms with Crippen molar-refractivity contribution < 1.29 is 9.84 Å². The van der Waals surface area contributed by atoms with Crippen LogP contribution in [0.5, 0.6) is 5.75 Å². The zero-order chi connectivity index (χ0) is 19.7. The van der Waals surface area contributed by atoms with Gasteiger partial charge in [-0.2, -0.15) is 5.26 Å². The molecule has 142 valence electrons. The summed E-state index contributed by atoms with van der Waals surface area (Å²) in [6, 6.07) is 7.31. The van der Waals surface area contributed by atoms with E-state index in [1.54, 1.807) is 25.4 Å². The highest BCUT2D eigenvalue weighted by atomic mass is 32.1. The molecular formula is C19H18N6O2S. The number of pyridine rings is 2. The van der Waals surface area contributed by atoms with Gasteiger partial charge < -0.3 is 20.5 Å². The number of nitriles is 1. The summed E-state index contributed by atoms with van der Waals surface area (Å²) in [4.78, 5) is 15.6. The molecule has 4 heterocycles. The first-order valence-corrected chi connectivity index (χ1v) is 9.57. The Labute approximate surface area is 165 Å². The van der Waals surface area contributed by atoms with E-state index in [1.807, 2.05) is 16.3 Å². The number of nitrogens with zero attached hydrogens (tertiary/aromatic N) is 5. The first-order valence-electron chi connectivity index (χ1n) is 8.69. The minimum Gasteiger partial charge on any atom is -0.497 e. The molecule has 4 rings (SSSR count). The normalized spacial score (nSPS) is 16.2. The van der Waals surface area contributed by atoms with Crippen LogP contribution in [-0.2, 0) is 0 Å². The number of β-amino-alcohol motifs (C(OH)–C–C–N with tert-alkyl or cyclic N) is 1.